The summed E-state index contributed by atoms with van der Waals surface area (Å²) in [5.41, 5.74) is 2.76. The Labute approximate surface area is 144 Å². The molecule has 126 valence electrons. The van der Waals surface area contributed by atoms with E-state index >= 15 is 0 Å². The van der Waals surface area contributed by atoms with Crippen LogP contribution in [0.25, 0.3) is 0 Å². The van der Waals surface area contributed by atoms with Crippen molar-refractivity contribution in [2.45, 2.75) is 13.3 Å². The molecule has 5 nitrogen and oxygen atoms in total. The lowest BCUT2D eigenvalue weighted by molar-refractivity contribution is -0.115. The van der Waals surface area contributed by atoms with Crippen LogP contribution in [-0.4, -0.2) is 16.1 Å². The number of nitrogens with zero attached hydrogens (tertiary/aromatic N) is 2. The summed E-state index contributed by atoms with van der Waals surface area (Å²) in [6.07, 6.45) is 0.277. The van der Waals surface area contributed by atoms with E-state index in [0.717, 1.165) is 11.1 Å². The number of carbonyl (C=O) groups excluding carboxylic acids is 1. The third-order valence-corrected chi connectivity index (χ3v) is 3.50. The molecule has 0 spiro atoms. The first kappa shape index (κ1) is 16.6. The number of carbonyl (C=O) groups is 1. The summed E-state index contributed by atoms with van der Waals surface area (Å²) < 4.78 is 12.9. The van der Waals surface area contributed by atoms with E-state index in [2.05, 4.69) is 20.8 Å². The minimum atomic E-state index is -0.302. The molecule has 2 aromatic carbocycles. The van der Waals surface area contributed by atoms with Gasteiger partial charge in [-0.15, -0.1) is 10.2 Å². The van der Waals surface area contributed by atoms with E-state index in [4.69, 9.17) is 0 Å². The van der Waals surface area contributed by atoms with Crippen molar-refractivity contribution in [3.05, 3.63) is 77.6 Å². The van der Waals surface area contributed by atoms with E-state index in [-0.39, 0.29) is 18.1 Å². The lowest BCUT2D eigenvalue weighted by atomic mass is 10.1. The van der Waals surface area contributed by atoms with Crippen LogP contribution in [0, 0.1) is 12.7 Å². The Morgan fingerprint density at radius 2 is 1.72 bits per heavy atom. The van der Waals surface area contributed by atoms with Gasteiger partial charge in [0.1, 0.15) is 5.82 Å². The largest absolute Gasteiger partial charge is 0.339 e. The molecule has 0 saturated carbocycles. The molecule has 0 aliphatic carbocycles. The maximum Gasteiger partial charge on any atom is 0.229 e. The van der Waals surface area contributed by atoms with Crippen molar-refractivity contribution in [2.75, 3.05) is 10.6 Å². The van der Waals surface area contributed by atoms with Gasteiger partial charge in [0, 0.05) is 5.69 Å². The van der Waals surface area contributed by atoms with Gasteiger partial charge in [-0.3, -0.25) is 4.79 Å². The maximum atomic E-state index is 12.9. The predicted octanol–water partition coefficient (Wildman–Crippen LogP) is 3.85. The Bertz CT molecular complexity index is 863. The van der Waals surface area contributed by atoms with Gasteiger partial charge in [0.15, 0.2) is 11.6 Å². The third-order valence-electron chi connectivity index (χ3n) is 3.50. The Morgan fingerprint density at radius 3 is 2.40 bits per heavy atom. The van der Waals surface area contributed by atoms with Crippen molar-refractivity contribution in [1.29, 1.82) is 0 Å². The molecular formula is C19H17FN4O. The zero-order valence-corrected chi connectivity index (χ0v) is 13.7. The van der Waals surface area contributed by atoms with Crippen LogP contribution in [0.3, 0.4) is 0 Å². The first-order chi connectivity index (χ1) is 12.1. The molecule has 6 heteroatoms. The second kappa shape index (κ2) is 7.53. The molecule has 2 N–H and O–H groups in total. The molecule has 3 rings (SSSR count). The summed E-state index contributed by atoms with van der Waals surface area (Å²) >= 11 is 0. The summed E-state index contributed by atoms with van der Waals surface area (Å²) in [7, 11) is 0. The summed E-state index contributed by atoms with van der Waals surface area (Å²) in [5, 5.41) is 13.7. The number of nitrogens with one attached hydrogen (secondary N) is 2. The summed E-state index contributed by atoms with van der Waals surface area (Å²) in [4.78, 5) is 12.1. The van der Waals surface area contributed by atoms with Crippen LogP contribution >= 0.6 is 0 Å². The SMILES string of the molecule is Cc1cccc(CC(=O)Nc2ccc(Nc3ccc(F)cc3)nn2)c1. The Morgan fingerprint density at radius 1 is 1.00 bits per heavy atom. The minimum Gasteiger partial charge on any atom is -0.339 e. The first-order valence-corrected chi connectivity index (χ1v) is 7.80. The van der Waals surface area contributed by atoms with E-state index in [1.165, 1.54) is 12.1 Å². The van der Waals surface area contributed by atoms with Crippen molar-refractivity contribution >= 4 is 23.2 Å². The number of hydrogen-bond acceptors (Lipinski definition) is 4. The normalized spacial score (nSPS) is 10.3. The van der Waals surface area contributed by atoms with E-state index in [9.17, 15) is 9.18 Å². The summed E-state index contributed by atoms with van der Waals surface area (Å²) in [6.45, 7) is 1.99. The van der Waals surface area contributed by atoms with E-state index in [0.29, 0.717) is 17.3 Å². The molecule has 0 bridgehead atoms. The molecule has 0 aliphatic heterocycles. The second-order valence-electron chi connectivity index (χ2n) is 5.65. The molecule has 0 fully saturated rings. The average Bonchev–Trinajstić information content (AvgIpc) is 2.59. The van der Waals surface area contributed by atoms with Crippen molar-refractivity contribution in [1.82, 2.24) is 10.2 Å². The molecule has 1 heterocycles. The number of rotatable bonds is 5. The van der Waals surface area contributed by atoms with Crippen molar-refractivity contribution in [2.24, 2.45) is 0 Å². The lowest BCUT2D eigenvalue weighted by Crippen LogP contribution is -2.15. The van der Waals surface area contributed by atoms with Crippen LogP contribution in [-0.2, 0) is 11.2 Å². The Hall–Kier alpha value is -3.28. The molecule has 1 amide bonds. The van der Waals surface area contributed by atoms with Gasteiger partial charge in [0.25, 0.3) is 0 Å². The van der Waals surface area contributed by atoms with Crippen LogP contribution in [0.15, 0.2) is 60.7 Å². The van der Waals surface area contributed by atoms with Gasteiger partial charge in [-0.05, 0) is 48.9 Å². The molecule has 0 saturated heterocycles. The minimum absolute atomic E-state index is 0.154. The lowest BCUT2D eigenvalue weighted by Gasteiger charge is -2.07. The van der Waals surface area contributed by atoms with Crippen LogP contribution in [0.5, 0.6) is 0 Å². The fraction of sp³-hybridized carbons (Fsp3) is 0.105. The number of aryl methyl sites for hydroxylation is 1. The topological polar surface area (TPSA) is 66.9 Å². The molecule has 0 aliphatic rings. The smallest absolute Gasteiger partial charge is 0.229 e. The van der Waals surface area contributed by atoms with Gasteiger partial charge in [-0.2, -0.15) is 0 Å². The number of hydrogen-bond donors (Lipinski definition) is 2. The van der Waals surface area contributed by atoms with Crippen LogP contribution < -0.4 is 10.6 Å². The number of halogens is 1. The number of anilines is 3. The predicted molar refractivity (Wildman–Crippen MR) is 95.2 cm³/mol. The van der Waals surface area contributed by atoms with Crippen LogP contribution in [0.2, 0.25) is 0 Å². The zero-order chi connectivity index (χ0) is 17.6. The molecule has 1 aromatic heterocycles. The number of amides is 1. The maximum absolute atomic E-state index is 12.9. The highest BCUT2D eigenvalue weighted by Gasteiger charge is 2.06. The van der Waals surface area contributed by atoms with Gasteiger partial charge in [0.05, 0.1) is 6.42 Å². The molecule has 0 radical (unpaired) electrons. The quantitative estimate of drug-likeness (QED) is 0.743. The fourth-order valence-corrected chi connectivity index (χ4v) is 2.34. The van der Waals surface area contributed by atoms with Gasteiger partial charge in [-0.25, -0.2) is 4.39 Å². The van der Waals surface area contributed by atoms with Gasteiger partial charge < -0.3 is 10.6 Å². The zero-order valence-electron chi connectivity index (χ0n) is 13.7. The fourth-order valence-electron chi connectivity index (χ4n) is 2.34. The standard InChI is InChI=1S/C19H17FN4O/c1-13-3-2-4-14(11-13)12-19(25)22-18-10-9-17(23-24-18)21-16-7-5-15(20)6-8-16/h2-11H,12H2,1H3,(H,21,23)(H,22,24,25). The Balaban J connectivity index is 1.58. The molecule has 0 unspecified atom stereocenters. The molecule has 3 aromatic rings. The highest BCUT2D eigenvalue weighted by Crippen LogP contribution is 2.15. The second-order valence-corrected chi connectivity index (χ2v) is 5.65. The first-order valence-electron chi connectivity index (χ1n) is 7.80. The van der Waals surface area contributed by atoms with Gasteiger partial charge in [-0.1, -0.05) is 29.8 Å². The summed E-state index contributed by atoms with van der Waals surface area (Å²) in [5.74, 6) is 0.424. The van der Waals surface area contributed by atoms with E-state index in [1.807, 2.05) is 31.2 Å². The third kappa shape index (κ3) is 4.84. The average molecular weight is 336 g/mol. The number of aromatic nitrogens is 2. The summed E-state index contributed by atoms with van der Waals surface area (Å²) in [6, 6.07) is 17.1. The highest BCUT2D eigenvalue weighted by atomic mass is 19.1. The number of benzene rings is 2. The Kier molecular flexibility index (Phi) is 4.99. The van der Waals surface area contributed by atoms with Crippen molar-refractivity contribution < 1.29 is 9.18 Å². The highest BCUT2D eigenvalue weighted by molar-refractivity contribution is 5.91. The molecule has 0 atom stereocenters. The van der Waals surface area contributed by atoms with Gasteiger partial charge in [0.2, 0.25) is 5.91 Å². The van der Waals surface area contributed by atoms with Crippen LogP contribution in [0.4, 0.5) is 21.7 Å². The van der Waals surface area contributed by atoms with Gasteiger partial charge >= 0.3 is 0 Å². The van der Waals surface area contributed by atoms with E-state index in [1.54, 1.807) is 24.3 Å². The van der Waals surface area contributed by atoms with Crippen molar-refractivity contribution in [3.63, 3.8) is 0 Å². The van der Waals surface area contributed by atoms with E-state index < -0.39 is 0 Å². The monoisotopic (exact) mass is 336 g/mol. The van der Waals surface area contributed by atoms with Crippen molar-refractivity contribution in [3.8, 4) is 0 Å². The molecular weight excluding hydrogens is 319 g/mol. The molecule has 25 heavy (non-hydrogen) atoms. The van der Waals surface area contributed by atoms with Crippen LogP contribution in [0.1, 0.15) is 11.1 Å².